The molecule has 12 aromatic rings. The lowest BCUT2D eigenvalue weighted by molar-refractivity contribution is 0.670. The van der Waals surface area contributed by atoms with Crippen molar-refractivity contribution in [2.75, 3.05) is 4.90 Å². The first kappa shape index (κ1) is 35.2. The van der Waals surface area contributed by atoms with Crippen LogP contribution < -0.4 is 4.90 Å². The maximum Gasteiger partial charge on any atom is 0.143 e. The molecule has 2 nitrogen and oxygen atoms in total. The van der Waals surface area contributed by atoms with Gasteiger partial charge in [-0.25, -0.2) is 0 Å². The summed E-state index contributed by atoms with van der Waals surface area (Å²) in [5.74, 6) is 0. The minimum absolute atomic E-state index is 0.904. The van der Waals surface area contributed by atoms with Crippen molar-refractivity contribution >= 4 is 81.3 Å². The van der Waals surface area contributed by atoms with Crippen LogP contribution in [0.2, 0.25) is 0 Å². The Balaban J connectivity index is 0.992. The predicted octanol–water partition coefficient (Wildman–Crippen LogP) is 17.2. The van der Waals surface area contributed by atoms with Crippen LogP contribution in [0.5, 0.6) is 0 Å². The fraction of sp³-hybridized carbons (Fsp3) is 0. The quantitative estimate of drug-likeness (QED) is 0.160. The Bertz CT molecular complexity index is 3590. The average Bonchev–Trinajstić information content (AvgIpc) is 3.90. The van der Waals surface area contributed by atoms with Gasteiger partial charge < -0.3 is 9.32 Å². The molecule has 12 rings (SSSR count). The Kier molecular flexibility index (Phi) is 8.39. The van der Waals surface area contributed by atoms with E-state index in [0.717, 1.165) is 50.1 Å². The first-order valence-electron chi connectivity index (χ1n) is 20.7. The van der Waals surface area contributed by atoms with Gasteiger partial charge in [0.2, 0.25) is 0 Å². The van der Waals surface area contributed by atoms with E-state index in [4.69, 9.17) is 4.42 Å². The molecule has 0 radical (unpaired) electrons. The normalized spacial score (nSPS) is 11.6. The summed E-state index contributed by atoms with van der Waals surface area (Å²) in [6.07, 6.45) is 0. The molecule has 10 aromatic carbocycles. The lowest BCUT2D eigenvalue weighted by Crippen LogP contribution is -2.11. The van der Waals surface area contributed by atoms with E-state index in [1.807, 2.05) is 23.5 Å². The van der Waals surface area contributed by atoms with Crippen molar-refractivity contribution in [3.05, 3.63) is 224 Å². The van der Waals surface area contributed by atoms with E-state index in [0.29, 0.717) is 0 Å². The van der Waals surface area contributed by atoms with E-state index in [2.05, 4.69) is 217 Å². The van der Waals surface area contributed by atoms with Gasteiger partial charge in [-0.3, -0.25) is 0 Å². The summed E-state index contributed by atoms with van der Waals surface area (Å²) in [7, 11) is 0. The second kappa shape index (κ2) is 14.5. The maximum absolute atomic E-state index is 6.46. The Morgan fingerprint density at radius 1 is 0.328 bits per heavy atom. The largest absolute Gasteiger partial charge is 0.455 e. The van der Waals surface area contributed by atoms with Gasteiger partial charge in [0.05, 0.1) is 5.69 Å². The molecule has 0 fully saturated rings. The summed E-state index contributed by atoms with van der Waals surface area (Å²) in [4.78, 5) is 2.40. The molecule has 3 heteroatoms. The third kappa shape index (κ3) is 6.01. The Hall–Kier alpha value is -7.72. The van der Waals surface area contributed by atoms with Crippen LogP contribution in [-0.2, 0) is 0 Å². The van der Waals surface area contributed by atoms with Crippen LogP contribution in [0.3, 0.4) is 0 Å². The number of fused-ring (bicyclic) bond motifs is 7. The third-order valence-electron chi connectivity index (χ3n) is 12.1. The molecule has 0 saturated heterocycles. The first-order valence-corrected chi connectivity index (χ1v) is 21.6. The van der Waals surface area contributed by atoms with E-state index in [-0.39, 0.29) is 0 Å². The van der Waals surface area contributed by atoms with Crippen LogP contribution in [0.25, 0.3) is 97.4 Å². The molecular weight excluding hydrogens is 759 g/mol. The van der Waals surface area contributed by atoms with Crippen LogP contribution in [0.1, 0.15) is 0 Å². The summed E-state index contributed by atoms with van der Waals surface area (Å²) in [6, 6.07) is 81.2. The molecule has 0 amide bonds. The number of rotatable bonds is 7. The Morgan fingerprint density at radius 2 is 0.869 bits per heavy atom. The molecule has 2 aromatic heterocycles. The fourth-order valence-corrected chi connectivity index (χ4v) is 10.4. The second-order valence-corrected chi connectivity index (χ2v) is 16.7. The second-order valence-electron chi connectivity index (χ2n) is 15.6. The monoisotopic (exact) mass is 795 g/mol. The van der Waals surface area contributed by atoms with Crippen LogP contribution in [0.4, 0.5) is 17.1 Å². The van der Waals surface area contributed by atoms with E-state index < -0.39 is 0 Å². The van der Waals surface area contributed by atoms with Crippen molar-refractivity contribution in [3.8, 4) is 44.5 Å². The van der Waals surface area contributed by atoms with Crippen molar-refractivity contribution in [3.63, 3.8) is 0 Å². The highest BCUT2D eigenvalue weighted by atomic mass is 32.1. The molecule has 0 aliphatic carbocycles. The van der Waals surface area contributed by atoms with Crippen molar-refractivity contribution < 1.29 is 4.42 Å². The summed E-state index contributed by atoms with van der Waals surface area (Å²) in [5, 5.41) is 7.37. The zero-order valence-corrected chi connectivity index (χ0v) is 33.9. The van der Waals surface area contributed by atoms with Crippen LogP contribution >= 0.6 is 11.3 Å². The maximum atomic E-state index is 6.46. The van der Waals surface area contributed by atoms with Crippen LogP contribution in [0.15, 0.2) is 229 Å². The van der Waals surface area contributed by atoms with E-state index >= 15 is 0 Å². The van der Waals surface area contributed by atoms with Crippen molar-refractivity contribution in [1.29, 1.82) is 0 Å². The number of furan rings is 1. The van der Waals surface area contributed by atoms with Gasteiger partial charge in [-0.1, -0.05) is 176 Å². The van der Waals surface area contributed by atoms with Gasteiger partial charge in [0.1, 0.15) is 11.2 Å². The van der Waals surface area contributed by atoms with Gasteiger partial charge in [-0.2, -0.15) is 0 Å². The standard InChI is InChI=1S/C58H37NOS/c1-2-15-44-38(13-1)14-11-22-49(44)48-18-4-3-16-45(48)39-27-32-42(33-28-39)59(43-34-29-40(30-35-43)47-21-12-23-53-50-19-6-9-25-55(50)60-58(47)53)54-24-8-5-17-46(54)41-31-36-52-51-20-7-10-26-56(51)61-57(52)37-41/h1-37H. The van der Waals surface area contributed by atoms with Crippen LogP contribution in [-0.4, -0.2) is 0 Å². The van der Waals surface area contributed by atoms with E-state index in [9.17, 15) is 0 Å². The summed E-state index contributed by atoms with van der Waals surface area (Å²) < 4.78 is 9.06. The van der Waals surface area contributed by atoms with Crippen molar-refractivity contribution in [2.24, 2.45) is 0 Å². The Labute approximate surface area is 357 Å². The number of nitrogens with zero attached hydrogens (tertiary/aromatic N) is 1. The van der Waals surface area contributed by atoms with E-state index in [1.165, 1.54) is 64.3 Å². The zero-order valence-electron chi connectivity index (χ0n) is 33.1. The third-order valence-corrected chi connectivity index (χ3v) is 13.3. The van der Waals surface area contributed by atoms with Gasteiger partial charge in [-0.15, -0.1) is 11.3 Å². The molecule has 61 heavy (non-hydrogen) atoms. The summed E-state index contributed by atoms with van der Waals surface area (Å²) >= 11 is 1.86. The molecule has 2 heterocycles. The molecule has 0 N–H and O–H groups in total. The SMILES string of the molecule is c1ccc(-c2cccc3ccccc23)c(-c2ccc(N(c3ccc(-c4cccc5c4oc4ccccc45)cc3)c3ccccc3-c3ccc4c(c3)sc3ccccc34)cc2)c1. The topological polar surface area (TPSA) is 16.4 Å². The average molecular weight is 796 g/mol. The fourth-order valence-electron chi connectivity index (χ4n) is 9.22. The number of thiophene rings is 1. The number of para-hydroxylation sites is 3. The van der Waals surface area contributed by atoms with Crippen molar-refractivity contribution in [2.45, 2.75) is 0 Å². The van der Waals surface area contributed by atoms with Crippen LogP contribution in [0, 0.1) is 0 Å². The minimum Gasteiger partial charge on any atom is -0.455 e. The lowest BCUT2D eigenvalue weighted by atomic mass is 9.91. The zero-order chi connectivity index (χ0) is 40.3. The number of anilines is 3. The molecule has 0 saturated carbocycles. The molecular formula is C58H37NOS. The molecule has 0 spiro atoms. The highest BCUT2D eigenvalue weighted by molar-refractivity contribution is 7.25. The highest BCUT2D eigenvalue weighted by Gasteiger charge is 2.20. The van der Waals surface area contributed by atoms with Gasteiger partial charge in [-0.05, 0) is 92.7 Å². The minimum atomic E-state index is 0.904. The molecule has 0 unspecified atom stereocenters. The molecule has 0 aliphatic rings. The number of hydrogen-bond acceptors (Lipinski definition) is 3. The van der Waals surface area contributed by atoms with Gasteiger partial charge in [0.25, 0.3) is 0 Å². The molecule has 0 bridgehead atoms. The van der Waals surface area contributed by atoms with Gasteiger partial charge in [0.15, 0.2) is 0 Å². The summed E-state index contributed by atoms with van der Waals surface area (Å²) in [6.45, 7) is 0. The highest BCUT2D eigenvalue weighted by Crippen LogP contribution is 2.45. The van der Waals surface area contributed by atoms with Gasteiger partial charge in [0, 0.05) is 53.4 Å². The van der Waals surface area contributed by atoms with Crippen molar-refractivity contribution in [1.82, 2.24) is 0 Å². The predicted molar refractivity (Wildman–Crippen MR) is 261 cm³/mol. The lowest BCUT2D eigenvalue weighted by Gasteiger charge is -2.28. The molecule has 0 aliphatic heterocycles. The number of hydrogen-bond donors (Lipinski definition) is 0. The van der Waals surface area contributed by atoms with Gasteiger partial charge >= 0.3 is 0 Å². The van der Waals surface area contributed by atoms with E-state index in [1.54, 1.807) is 0 Å². The first-order chi connectivity index (χ1) is 30.2. The summed E-state index contributed by atoms with van der Waals surface area (Å²) in [5.41, 5.74) is 14.5. The Morgan fingerprint density at radius 3 is 1.69 bits per heavy atom. The number of benzene rings is 10. The molecule has 286 valence electrons. The molecule has 0 atom stereocenters. The smallest absolute Gasteiger partial charge is 0.143 e.